The Morgan fingerprint density at radius 3 is 2.65 bits per heavy atom. The van der Waals surface area contributed by atoms with Gasteiger partial charge in [0.05, 0.1) is 12.5 Å². The maximum absolute atomic E-state index is 12.7. The average molecular weight is 350 g/mol. The van der Waals surface area contributed by atoms with E-state index in [1.54, 1.807) is 13.1 Å². The molecule has 6 nitrogen and oxygen atoms in total. The number of para-hydroxylation sites is 1. The van der Waals surface area contributed by atoms with Gasteiger partial charge in [-0.15, -0.1) is 0 Å². The number of benzene rings is 1. The fourth-order valence-corrected chi connectivity index (χ4v) is 3.23. The van der Waals surface area contributed by atoms with Gasteiger partial charge in [0.2, 0.25) is 0 Å². The van der Waals surface area contributed by atoms with Crippen molar-refractivity contribution in [2.75, 3.05) is 13.6 Å². The predicted octanol–water partition coefficient (Wildman–Crippen LogP) is 2.95. The van der Waals surface area contributed by atoms with Crippen molar-refractivity contribution in [2.24, 2.45) is 0 Å². The molecule has 0 saturated carbocycles. The molecule has 1 aromatic carbocycles. The van der Waals surface area contributed by atoms with Crippen LogP contribution in [0, 0.1) is 11.3 Å². The van der Waals surface area contributed by atoms with Crippen LogP contribution in [-0.2, 0) is 16.1 Å². The van der Waals surface area contributed by atoms with Crippen LogP contribution in [0.4, 0.5) is 0 Å². The number of carbonyl (C=O) groups excluding carboxylic acids is 2. The minimum Gasteiger partial charge on any atom is -0.346 e. The van der Waals surface area contributed by atoms with Crippen LogP contribution >= 0.6 is 0 Å². The SMILES string of the molecule is CCCCN1C(=O)/C(=C\c2cn(CCC#N)c3ccccc23)C(=O)N1C. The second kappa shape index (κ2) is 7.44. The maximum Gasteiger partial charge on any atom is 0.278 e. The lowest BCUT2D eigenvalue weighted by molar-refractivity contribution is -0.143. The zero-order valence-corrected chi connectivity index (χ0v) is 15.1. The molecule has 0 radical (unpaired) electrons. The molecule has 1 aromatic heterocycles. The highest BCUT2D eigenvalue weighted by atomic mass is 16.2. The third kappa shape index (κ3) is 3.08. The Kier molecular flexibility index (Phi) is 5.08. The molecule has 134 valence electrons. The van der Waals surface area contributed by atoms with Gasteiger partial charge >= 0.3 is 0 Å². The number of fused-ring (bicyclic) bond motifs is 1. The maximum atomic E-state index is 12.7. The summed E-state index contributed by atoms with van der Waals surface area (Å²) in [7, 11) is 1.63. The van der Waals surface area contributed by atoms with Crippen molar-refractivity contribution in [3.8, 4) is 6.07 Å². The molecule has 1 fully saturated rings. The Hall–Kier alpha value is -3.07. The van der Waals surface area contributed by atoms with Crippen molar-refractivity contribution in [3.63, 3.8) is 0 Å². The van der Waals surface area contributed by atoms with Gasteiger partial charge in [-0.2, -0.15) is 5.26 Å². The van der Waals surface area contributed by atoms with E-state index in [4.69, 9.17) is 5.26 Å². The number of nitriles is 1. The first kappa shape index (κ1) is 17.7. The highest BCUT2D eigenvalue weighted by Gasteiger charge is 2.38. The Labute approximate surface area is 152 Å². The van der Waals surface area contributed by atoms with Crippen molar-refractivity contribution in [3.05, 3.63) is 41.6 Å². The van der Waals surface area contributed by atoms with Gasteiger partial charge in [-0.3, -0.25) is 14.6 Å². The van der Waals surface area contributed by atoms with Crippen molar-refractivity contribution in [1.82, 2.24) is 14.6 Å². The Morgan fingerprint density at radius 2 is 1.92 bits per heavy atom. The van der Waals surface area contributed by atoms with Crippen molar-refractivity contribution >= 4 is 28.8 Å². The molecule has 0 aliphatic carbocycles. The molecule has 6 heteroatoms. The number of aryl methyl sites for hydroxylation is 1. The minimum atomic E-state index is -0.278. The van der Waals surface area contributed by atoms with Crippen molar-refractivity contribution in [2.45, 2.75) is 32.7 Å². The lowest BCUT2D eigenvalue weighted by Crippen LogP contribution is -2.38. The Balaban J connectivity index is 2.01. The third-order valence-electron chi connectivity index (χ3n) is 4.66. The molecule has 0 unspecified atom stereocenters. The highest BCUT2D eigenvalue weighted by molar-refractivity contribution is 6.25. The number of hydrazine groups is 1. The van der Waals surface area contributed by atoms with Crippen LogP contribution in [-0.4, -0.2) is 40.0 Å². The molecule has 2 aromatic rings. The summed E-state index contributed by atoms with van der Waals surface area (Å²) in [5.74, 6) is -0.528. The van der Waals surface area contributed by atoms with Crippen LogP contribution in [0.25, 0.3) is 17.0 Å². The zero-order chi connectivity index (χ0) is 18.7. The van der Waals surface area contributed by atoms with Gasteiger partial charge in [0.15, 0.2) is 0 Å². The first-order chi connectivity index (χ1) is 12.6. The molecule has 0 bridgehead atoms. The van der Waals surface area contributed by atoms with Crippen LogP contribution in [0.2, 0.25) is 0 Å². The van der Waals surface area contributed by atoms with E-state index in [2.05, 4.69) is 13.0 Å². The molecular formula is C20H22N4O2. The van der Waals surface area contributed by atoms with Gasteiger partial charge in [-0.25, -0.2) is 5.01 Å². The number of aromatic nitrogens is 1. The van der Waals surface area contributed by atoms with Crippen molar-refractivity contribution in [1.29, 1.82) is 5.26 Å². The Bertz CT molecular complexity index is 920. The number of rotatable bonds is 6. The summed E-state index contributed by atoms with van der Waals surface area (Å²) in [5, 5.41) is 12.7. The molecular weight excluding hydrogens is 328 g/mol. The molecule has 2 amide bonds. The largest absolute Gasteiger partial charge is 0.346 e. The van der Waals surface area contributed by atoms with E-state index in [1.165, 1.54) is 10.0 Å². The van der Waals surface area contributed by atoms with Crippen LogP contribution in [0.1, 0.15) is 31.7 Å². The van der Waals surface area contributed by atoms with Crippen LogP contribution in [0.15, 0.2) is 36.0 Å². The highest BCUT2D eigenvalue weighted by Crippen LogP contribution is 2.27. The smallest absolute Gasteiger partial charge is 0.278 e. The first-order valence-corrected chi connectivity index (χ1v) is 8.84. The summed E-state index contributed by atoms with van der Waals surface area (Å²) in [6, 6.07) is 9.96. The van der Waals surface area contributed by atoms with Gasteiger partial charge in [-0.05, 0) is 18.6 Å². The van der Waals surface area contributed by atoms with Crippen LogP contribution in [0.5, 0.6) is 0 Å². The van der Waals surface area contributed by atoms with Crippen molar-refractivity contribution < 1.29 is 9.59 Å². The minimum absolute atomic E-state index is 0.187. The molecule has 2 heterocycles. The normalized spacial score (nSPS) is 16.1. The van der Waals surface area contributed by atoms with E-state index < -0.39 is 0 Å². The molecule has 0 spiro atoms. The number of hydrogen-bond acceptors (Lipinski definition) is 3. The van der Waals surface area contributed by atoms with E-state index >= 15 is 0 Å². The number of unbranched alkanes of at least 4 members (excludes halogenated alkanes) is 1. The topological polar surface area (TPSA) is 69.3 Å². The fourth-order valence-electron chi connectivity index (χ4n) is 3.23. The molecule has 26 heavy (non-hydrogen) atoms. The lowest BCUT2D eigenvalue weighted by atomic mass is 10.1. The summed E-state index contributed by atoms with van der Waals surface area (Å²) >= 11 is 0. The van der Waals surface area contributed by atoms with Gasteiger partial charge in [0.25, 0.3) is 11.8 Å². The second-order valence-corrected chi connectivity index (χ2v) is 6.37. The van der Waals surface area contributed by atoms with Crippen LogP contribution < -0.4 is 0 Å². The second-order valence-electron chi connectivity index (χ2n) is 6.37. The lowest BCUT2D eigenvalue weighted by Gasteiger charge is -2.22. The average Bonchev–Trinajstić information content (AvgIpc) is 3.10. The van der Waals surface area contributed by atoms with Gasteiger partial charge in [-0.1, -0.05) is 31.5 Å². The number of amides is 2. The molecule has 3 rings (SSSR count). The number of likely N-dealkylation sites (N-methyl/N-ethyl adjacent to an activating group) is 1. The molecule has 1 aliphatic rings. The summed E-state index contributed by atoms with van der Waals surface area (Å²) in [4.78, 5) is 25.3. The van der Waals surface area contributed by atoms with E-state index in [-0.39, 0.29) is 17.4 Å². The molecule has 0 atom stereocenters. The summed E-state index contributed by atoms with van der Waals surface area (Å²) < 4.78 is 1.99. The number of carbonyl (C=O) groups is 2. The van der Waals surface area contributed by atoms with E-state index in [1.807, 2.05) is 35.0 Å². The molecule has 1 saturated heterocycles. The molecule has 0 N–H and O–H groups in total. The summed E-state index contributed by atoms with van der Waals surface area (Å²) in [6.45, 7) is 3.17. The first-order valence-electron chi connectivity index (χ1n) is 8.84. The zero-order valence-electron chi connectivity index (χ0n) is 15.1. The van der Waals surface area contributed by atoms with E-state index in [9.17, 15) is 9.59 Å². The standard InChI is InChI=1S/C20H22N4O2/c1-3-4-12-24-20(26)17(19(25)22(24)2)13-15-14-23(11-7-10-21)18-9-6-5-8-16(15)18/h5-6,8-9,13-14H,3-4,7,11-12H2,1-2H3/b17-13-. The Morgan fingerprint density at radius 1 is 1.15 bits per heavy atom. The number of nitrogens with zero attached hydrogens (tertiary/aromatic N) is 4. The fraction of sp³-hybridized carbons (Fsp3) is 0.350. The summed E-state index contributed by atoms with van der Waals surface area (Å²) in [5.41, 5.74) is 2.00. The third-order valence-corrected chi connectivity index (χ3v) is 4.66. The summed E-state index contributed by atoms with van der Waals surface area (Å²) in [6.07, 6.45) is 5.80. The quantitative estimate of drug-likeness (QED) is 0.594. The van der Waals surface area contributed by atoms with E-state index in [0.717, 1.165) is 29.3 Å². The van der Waals surface area contributed by atoms with E-state index in [0.29, 0.717) is 19.5 Å². The predicted molar refractivity (Wildman–Crippen MR) is 99.5 cm³/mol. The van der Waals surface area contributed by atoms with Gasteiger partial charge in [0, 0.05) is 42.8 Å². The van der Waals surface area contributed by atoms with Gasteiger partial charge < -0.3 is 4.57 Å². The number of hydrogen-bond donors (Lipinski definition) is 0. The monoisotopic (exact) mass is 350 g/mol. The molecule has 1 aliphatic heterocycles. The van der Waals surface area contributed by atoms with Gasteiger partial charge in [0.1, 0.15) is 5.57 Å². The van der Waals surface area contributed by atoms with Crippen LogP contribution in [0.3, 0.4) is 0 Å².